The summed E-state index contributed by atoms with van der Waals surface area (Å²) in [7, 11) is 0. The highest BCUT2D eigenvalue weighted by molar-refractivity contribution is 6.26. The van der Waals surface area contributed by atoms with Gasteiger partial charge in [0.15, 0.2) is 17.5 Å². The first-order chi connectivity index (χ1) is 28.7. The molecule has 3 aromatic heterocycles. The van der Waals surface area contributed by atoms with Gasteiger partial charge in [-0.05, 0) is 73.4 Å². The third kappa shape index (κ3) is 4.44. The number of para-hydroxylation sites is 2. The first-order valence-electron chi connectivity index (χ1n) is 19.5. The van der Waals surface area contributed by atoms with Crippen LogP contribution in [0.4, 0.5) is 0 Å². The fraction of sp³-hybridized carbons (Fsp3) is 0. The van der Waals surface area contributed by atoms with Crippen LogP contribution < -0.4 is 0 Å². The SMILES string of the molecule is c1ccc2c(c1)cc(-c1nc(-c3ccc4c5ccccc5c5ccccc5c4c3)nc(-c3cc4ccccc4c4oc5ccccc5c34)n1)c1c3ccccc3oc21. The van der Waals surface area contributed by atoms with Gasteiger partial charge in [0.1, 0.15) is 22.3 Å². The Kier molecular flexibility index (Phi) is 6.38. The van der Waals surface area contributed by atoms with Crippen LogP contribution >= 0.6 is 0 Å². The molecule has 58 heavy (non-hydrogen) atoms. The molecule has 0 saturated heterocycles. The first kappa shape index (κ1) is 31.3. The number of nitrogens with zero attached hydrogens (tertiary/aromatic N) is 3. The van der Waals surface area contributed by atoms with E-state index in [-0.39, 0.29) is 0 Å². The van der Waals surface area contributed by atoms with E-state index in [1.54, 1.807) is 0 Å². The highest BCUT2D eigenvalue weighted by Crippen LogP contribution is 2.44. The predicted molar refractivity (Wildman–Crippen MR) is 238 cm³/mol. The summed E-state index contributed by atoms with van der Waals surface area (Å²) < 4.78 is 13.3. The zero-order chi connectivity index (χ0) is 37.9. The van der Waals surface area contributed by atoms with Crippen molar-refractivity contribution < 1.29 is 8.83 Å². The smallest absolute Gasteiger partial charge is 0.164 e. The molecular formula is C53H29N3O2. The Balaban J connectivity index is 1.17. The summed E-state index contributed by atoms with van der Waals surface area (Å²) >= 11 is 0. The maximum atomic E-state index is 6.64. The molecule has 0 N–H and O–H groups in total. The summed E-state index contributed by atoms with van der Waals surface area (Å²) in [6.07, 6.45) is 0. The lowest BCUT2D eigenvalue weighted by molar-refractivity contribution is 0.672. The van der Waals surface area contributed by atoms with E-state index in [0.29, 0.717) is 17.5 Å². The van der Waals surface area contributed by atoms with E-state index in [1.807, 2.05) is 24.3 Å². The van der Waals surface area contributed by atoms with Crippen molar-refractivity contribution in [3.63, 3.8) is 0 Å². The average Bonchev–Trinajstić information content (AvgIpc) is 3.88. The molecule has 3 heterocycles. The lowest BCUT2D eigenvalue weighted by Crippen LogP contribution is -2.01. The Morgan fingerprint density at radius 1 is 0.293 bits per heavy atom. The lowest BCUT2D eigenvalue weighted by atomic mass is 9.93. The van der Waals surface area contributed by atoms with Crippen molar-refractivity contribution >= 4 is 97.7 Å². The molecule has 268 valence electrons. The van der Waals surface area contributed by atoms with E-state index in [1.165, 1.54) is 26.9 Å². The Morgan fingerprint density at radius 3 is 1.17 bits per heavy atom. The largest absolute Gasteiger partial charge is 0.455 e. The summed E-state index contributed by atoms with van der Waals surface area (Å²) in [5.41, 5.74) is 5.94. The fourth-order valence-corrected chi connectivity index (χ4v) is 9.27. The molecule has 0 aliphatic carbocycles. The van der Waals surface area contributed by atoms with Gasteiger partial charge in [-0.15, -0.1) is 0 Å². The molecule has 0 spiro atoms. The minimum atomic E-state index is 0.569. The quantitative estimate of drug-likeness (QED) is 0.169. The van der Waals surface area contributed by atoms with Gasteiger partial charge in [-0.1, -0.05) is 146 Å². The van der Waals surface area contributed by atoms with Gasteiger partial charge in [0.2, 0.25) is 0 Å². The molecular weight excluding hydrogens is 711 g/mol. The van der Waals surface area contributed by atoms with Gasteiger partial charge in [0, 0.05) is 49.0 Å². The van der Waals surface area contributed by atoms with Gasteiger partial charge in [-0.3, -0.25) is 0 Å². The van der Waals surface area contributed by atoms with E-state index in [2.05, 4.69) is 152 Å². The van der Waals surface area contributed by atoms with Gasteiger partial charge in [0.25, 0.3) is 0 Å². The van der Waals surface area contributed by atoms with Crippen LogP contribution in [0.15, 0.2) is 185 Å². The number of benzene rings is 10. The van der Waals surface area contributed by atoms with Crippen LogP contribution in [0.5, 0.6) is 0 Å². The monoisotopic (exact) mass is 739 g/mol. The first-order valence-corrected chi connectivity index (χ1v) is 19.5. The number of hydrogen-bond donors (Lipinski definition) is 0. The highest BCUT2D eigenvalue weighted by atomic mass is 16.3. The van der Waals surface area contributed by atoms with E-state index < -0.39 is 0 Å². The molecule has 0 amide bonds. The maximum absolute atomic E-state index is 6.64. The minimum absolute atomic E-state index is 0.569. The predicted octanol–water partition coefficient (Wildman–Crippen LogP) is 14.4. The molecule has 13 aromatic rings. The van der Waals surface area contributed by atoms with Crippen LogP contribution in [0.2, 0.25) is 0 Å². The Morgan fingerprint density at radius 2 is 0.672 bits per heavy atom. The third-order valence-corrected chi connectivity index (χ3v) is 11.9. The van der Waals surface area contributed by atoms with Crippen LogP contribution in [0.1, 0.15) is 0 Å². The van der Waals surface area contributed by atoms with E-state index in [0.717, 1.165) is 87.5 Å². The molecule has 0 aliphatic rings. The van der Waals surface area contributed by atoms with E-state index in [9.17, 15) is 0 Å². The number of fused-ring (bicyclic) bond motifs is 16. The molecule has 0 fully saturated rings. The number of hydrogen-bond acceptors (Lipinski definition) is 5. The number of aromatic nitrogens is 3. The topological polar surface area (TPSA) is 65.0 Å². The zero-order valence-corrected chi connectivity index (χ0v) is 30.9. The number of rotatable bonds is 3. The molecule has 0 atom stereocenters. The Hall–Kier alpha value is -7.89. The molecule has 0 unspecified atom stereocenters. The molecule has 0 bridgehead atoms. The van der Waals surface area contributed by atoms with Crippen molar-refractivity contribution in [3.05, 3.63) is 176 Å². The highest BCUT2D eigenvalue weighted by Gasteiger charge is 2.23. The zero-order valence-electron chi connectivity index (χ0n) is 30.9. The molecule has 0 radical (unpaired) electrons. The van der Waals surface area contributed by atoms with Crippen molar-refractivity contribution in [3.8, 4) is 34.2 Å². The normalized spacial score (nSPS) is 12.1. The summed E-state index contributed by atoms with van der Waals surface area (Å²) in [5.74, 6) is 1.72. The third-order valence-electron chi connectivity index (χ3n) is 11.9. The van der Waals surface area contributed by atoms with Gasteiger partial charge in [0.05, 0.1) is 0 Å². The molecule has 0 aliphatic heterocycles. The lowest BCUT2D eigenvalue weighted by Gasteiger charge is -2.14. The minimum Gasteiger partial charge on any atom is -0.455 e. The molecule has 5 nitrogen and oxygen atoms in total. The average molecular weight is 740 g/mol. The van der Waals surface area contributed by atoms with Crippen molar-refractivity contribution in [1.82, 2.24) is 15.0 Å². The van der Waals surface area contributed by atoms with Gasteiger partial charge in [-0.2, -0.15) is 0 Å². The fourth-order valence-electron chi connectivity index (χ4n) is 9.27. The van der Waals surface area contributed by atoms with Crippen LogP contribution in [-0.4, -0.2) is 15.0 Å². The van der Waals surface area contributed by atoms with Crippen molar-refractivity contribution in [1.29, 1.82) is 0 Å². The second-order valence-electron chi connectivity index (χ2n) is 15.1. The summed E-state index contributed by atoms with van der Waals surface area (Å²) in [6, 6.07) is 61.5. The van der Waals surface area contributed by atoms with Crippen LogP contribution in [0.3, 0.4) is 0 Å². The second-order valence-corrected chi connectivity index (χ2v) is 15.1. The van der Waals surface area contributed by atoms with Crippen LogP contribution in [0.25, 0.3) is 132 Å². The van der Waals surface area contributed by atoms with Gasteiger partial charge < -0.3 is 8.83 Å². The molecule has 0 saturated carbocycles. The standard InChI is InChI=1S/C53H29N3O2/c1-3-15-33-30(13-1)27-43(47-40-21-9-11-23-45(40)57-49(33)47)52-54-51(32-25-26-39-37-19-6-5-17-35(37)36-18-7-8-20-38(36)42(39)29-32)55-53(56-52)44-28-31-14-2-4-16-34(31)50-48(44)41-22-10-12-24-46(41)58-50/h1-29H. The van der Waals surface area contributed by atoms with Crippen molar-refractivity contribution in [2.45, 2.75) is 0 Å². The summed E-state index contributed by atoms with van der Waals surface area (Å²) in [6.45, 7) is 0. The Labute approximate surface area is 330 Å². The molecule has 10 aromatic carbocycles. The summed E-state index contributed by atoms with van der Waals surface area (Å²) in [5, 5.41) is 15.4. The second kappa shape index (κ2) is 11.8. The van der Waals surface area contributed by atoms with Gasteiger partial charge in [-0.25, -0.2) is 15.0 Å². The van der Waals surface area contributed by atoms with Crippen molar-refractivity contribution in [2.75, 3.05) is 0 Å². The van der Waals surface area contributed by atoms with Gasteiger partial charge >= 0.3 is 0 Å². The van der Waals surface area contributed by atoms with Crippen LogP contribution in [-0.2, 0) is 0 Å². The van der Waals surface area contributed by atoms with Crippen molar-refractivity contribution in [2.24, 2.45) is 0 Å². The maximum Gasteiger partial charge on any atom is 0.164 e. The summed E-state index contributed by atoms with van der Waals surface area (Å²) in [4.78, 5) is 16.2. The molecule has 13 rings (SSSR count). The Bertz CT molecular complexity index is 3670. The van der Waals surface area contributed by atoms with E-state index >= 15 is 0 Å². The van der Waals surface area contributed by atoms with Crippen LogP contribution in [0, 0.1) is 0 Å². The molecule has 5 heteroatoms. The van der Waals surface area contributed by atoms with E-state index in [4.69, 9.17) is 23.8 Å². The number of furan rings is 2.